The molecule has 0 aliphatic heterocycles. The van der Waals surface area contributed by atoms with E-state index in [0.29, 0.717) is 103 Å². The van der Waals surface area contributed by atoms with Gasteiger partial charge in [-0.05, 0) is 112 Å². The molecule has 14 nitrogen and oxygen atoms in total. The van der Waals surface area contributed by atoms with Crippen molar-refractivity contribution < 1.29 is 27.8 Å². The van der Waals surface area contributed by atoms with Crippen LogP contribution in [0.5, 0.6) is 0 Å². The zero-order valence-corrected chi connectivity index (χ0v) is 34.4. The molecule has 6 aromatic rings. The summed E-state index contributed by atoms with van der Waals surface area (Å²) in [6.07, 6.45) is 15.3. The third-order valence-electron chi connectivity index (χ3n) is 13.4. The Morgan fingerprint density at radius 2 is 1.00 bits per heavy atom. The van der Waals surface area contributed by atoms with E-state index < -0.39 is 11.6 Å². The minimum atomic E-state index is -0.460. The highest BCUT2D eigenvalue weighted by atomic mass is 35.5. The largest absolute Gasteiger partial charge is 0.469 e. The smallest absolute Gasteiger partial charge is 0.309 e. The van der Waals surface area contributed by atoms with Crippen LogP contribution >= 0.6 is 23.2 Å². The lowest BCUT2D eigenvalue weighted by Gasteiger charge is -2.47. The van der Waals surface area contributed by atoms with Gasteiger partial charge >= 0.3 is 11.9 Å². The van der Waals surface area contributed by atoms with Crippen LogP contribution in [-0.2, 0) is 31.9 Å². The summed E-state index contributed by atoms with van der Waals surface area (Å²) in [6, 6.07) is 2.71. The molecule has 6 aliphatic rings. The number of esters is 2. The molecule has 6 aromatic heterocycles. The van der Waals surface area contributed by atoms with Gasteiger partial charge in [0.25, 0.3) is 0 Å². The average molecular weight is 860 g/mol. The van der Waals surface area contributed by atoms with E-state index >= 15 is 0 Å². The number of nitrogens with zero attached hydrogens (tertiary/aromatic N) is 8. The minimum Gasteiger partial charge on any atom is -0.469 e. The number of aromatic nitrogens is 10. The van der Waals surface area contributed by atoms with Gasteiger partial charge in [-0.1, -0.05) is 23.2 Å². The third kappa shape index (κ3) is 7.56. The second kappa shape index (κ2) is 16.7. The van der Waals surface area contributed by atoms with E-state index in [0.717, 1.165) is 63.8 Å². The number of halogens is 4. The van der Waals surface area contributed by atoms with Crippen LogP contribution in [0.2, 0.25) is 10.0 Å². The Morgan fingerprint density at radius 3 is 1.38 bits per heavy atom. The normalized spacial score (nSPS) is 25.6. The molecular formula is C42H42Cl2F2N10O4. The van der Waals surface area contributed by atoms with Gasteiger partial charge in [-0.2, -0.15) is 10.2 Å². The van der Waals surface area contributed by atoms with Gasteiger partial charge in [0, 0.05) is 12.4 Å². The van der Waals surface area contributed by atoms with Crippen LogP contribution in [-0.4, -0.2) is 76.5 Å². The van der Waals surface area contributed by atoms with Crippen LogP contribution in [0.3, 0.4) is 0 Å². The van der Waals surface area contributed by atoms with E-state index in [2.05, 4.69) is 50.3 Å². The molecule has 0 amide bonds. The highest BCUT2D eigenvalue weighted by Crippen LogP contribution is 2.52. The van der Waals surface area contributed by atoms with Crippen LogP contribution < -0.4 is 0 Å². The zero-order valence-electron chi connectivity index (χ0n) is 32.9. The summed E-state index contributed by atoms with van der Waals surface area (Å²) in [4.78, 5) is 51.0. The lowest BCUT2D eigenvalue weighted by atomic mass is 9.57. The maximum absolute atomic E-state index is 13.7. The SMILES string of the molecule is COC(=O)[C@@H]1C2CCC(CC2)[C@H]1Cc1nc(-c2[nH]nc3ncc(F)cc23)ncc1Cl.COC(=O)[C@H]1C2CCC(CC2)[C@@H]1Cc1nc(-c2[nH]nc3ncc(F)cc23)ncc1Cl. The number of H-pyrrole nitrogens is 2. The number of methoxy groups -OCH3 is 2. The van der Waals surface area contributed by atoms with Gasteiger partial charge in [-0.25, -0.2) is 38.7 Å². The highest BCUT2D eigenvalue weighted by Gasteiger charge is 2.49. The number of nitrogens with one attached hydrogen (secondary N) is 2. The first-order chi connectivity index (χ1) is 29.1. The van der Waals surface area contributed by atoms with Gasteiger partial charge < -0.3 is 9.47 Å². The number of hydrogen-bond acceptors (Lipinski definition) is 12. The van der Waals surface area contributed by atoms with Gasteiger partial charge in [0.1, 0.15) is 23.0 Å². The van der Waals surface area contributed by atoms with Crippen molar-refractivity contribution in [3.05, 3.63) is 70.0 Å². The van der Waals surface area contributed by atoms with Crippen LogP contribution in [0.15, 0.2) is 36.9 Å². The maximum Gasteiger partial charge on any atom is 0.309 e. The molecule has 12 rings (SSSR count). The van der Waals surface area contributed by atoms with Crippen LogP contribution in [0, 0.1) is 59.0 Å². The monoisotopic (exact) mass is 858 g/mol. The summed E-state index contributed by atoms with van der Waals surface area (Å²) in [5, 5.41) is 15.8. The first-order valence-electron chi connectivity index (χ1n) is 20.3. The Hall–Kier alpha value is -5.22. The van der Waals surface area contributed by atoms with Gasteiger partial charge in [0.2, 0.25) is 0 Å². The fourth-order valence-electron chi connectivity index (χ4n) is 10.6. The van der Waals surface area contributed by atoms with Crippen molar-refractivity contribution in [2.45, 2.75) is 64.2 Å². The number of fused-ring (bicyclic) bond motifs is 8. The Morgan fingerprint density at radius 1 is 0.617 bits per heavy atom. The maximum atomic E-state index is 13.7. The van der Waals surface area contributed by atoms with Crippen molar-refractivity contribution >= 4 is 57.2 Å². The molecule has 312 valence electrons. The molecule has 0 spiro atoms. The first-order valence-corrected chi connectivity index (χ1v) is 21.0. The quantitative estimate of drug-likeness (QED) is 0.141. The second-order valence-corrected chi connectivity index (χ2v) is 17.2. The van der Waals surface area contributed by atoms with Crippen LogP contribution in [0.1, 0.15) is 62.8 Å². The van der Waals surface area contributed by atoms with Gasteiger partial charge in [0.05, 0.1) is 70.7 Å². The highest BCUT2D eigenvalue weighted by molar-refractivity contribution is 6.31. The predicted octanol–water partition coefficient (Wildman–Crippen LogP) is 7.95. The average Bonchev–Trinajstić information content (AvgIpc) is 3.89. The lowest BCUT2D eigenvalue weighted by molar-refractivity contribution is -0.156. The van der Waals surface area contributed by atoms with Crippen molar-refractivity contribution in [3.63, 3.8) is 0 Å². The number of ether oxygens (including phenoxy) is 2. The van der Waals surface area contributed by atoms with E-state index in [1.165, 1.54) is 26.4 Å². The van der Waals surface area contributed by atoms with Crippen molar-refractivity contribution in [1.29, 1.82) is 0 Å². The van der Waals surface area contributed by atoms with E-state index in [1.807, 2.05) is 0 Å². The first kappa shape index (κ1) is 40.2. The Kier molecular flexibility index (Phi) is 11.2. The van der Waals surface area contributed by atoms with E-state index in [4.69, 9.17) is 32.7 Å². The summed E-state index contributed by atoms with van der Waals surface area (Å²) in [5.74, 6) is 1.23. The molecular weight excluding hydrogens is 817 g/mol. The Bertz CT molecular complexity index is 2400. The number of aromatic amines is 2. The molecule has 6 heterocycles. The molecule has 6 saturated carbocycles. The Balaban J connectivity index is 0.000000154. The Labute approximate surface area is 353 Å². The van der Waals surface area contributed by atoms with Gasteiger partial charge in [-0.3, -0.25) is 19.8 Å². The summed E-state index contributed by atoms with van der Waals surface area (Å²) in [5.41, 5.74) is 3.12. The molecule has 6 aliphatic carbocycles. The standard InChI is InChI=1S/2C21H21ClFN5O2/c2*1-30-21(29)17-11-4-2-10(3-5-11)13(17)7-16-15(22)9-25-20(26-16)18-14-6-12(23)8-24-19(14)28-27-18/h2*6,8-11,13,17H,2-5,7H2,1H3,(H,24,27,28)/t2*10?,11?,13-,17-/m10/s1. The van der Waals surface area contributed by atoms with Gasteiger partial charge in [0.15, 0.2) is 22.9 Å². The molecule has 4 bridgehead atoms. The zero-order chi connectivity index (χ0) is 41.7. The van der Waals surface area contributed by atoms with E-state index in [9.17, 15) is 18.4 Å². The number of carbonyl (C=O) groups is 2. The molecule has 60 heavy (non-hydrogen) atoms. The molecule has 0 aromatic carbocycles. The van der Waals surface area contributed by atoms with Crippen molar-refractivity contribution in [1.82, 2.24) is 50.3 Å². The van der Waals surface area contributed by atoms with Crippen molar-refractivity contribution in [2.24, 2.45) is 47.3 Å². The third-order valence-corrected chi connectivity index (χ3v) is 14.1. The molecule has 0 unspecified atom stereocenters. The molecule has 4 atom stereocenters. The van der Waals surface area contributed by atoms with Crippen molar-refractivity contribution in [3.8, 4) is 23.0 Å². The minimum absolute atomic E-state index is 0.122. The van der Waals surface area contributed by atoms with Gasteiger partial charge in [-0.15, -0.1) is 0 Å². The number of hydrogen-bond donors (Lipinski definition) is 2. The topological polar surface area (TPSA) is 187 Å². The summed E-state index contributed by atoms with van der Waals surface area (Å²) in [7, 11) is 2.90. The van der Waals surface area contributed by atoms with E-state index in [-0.39, 0.29) is 35.6 Å². The van der Waals surface area contributed by atoms with Crippen molar-refractivity contribution in [2.75, 3.05) is 14.2 Å². The van der Waals surface area contributed by atoms with E-state index in [1.54, 1.807) is 12.4 Å². The molecule has 0 saturated heterocycles. The summed E-state index contributed by atoms with van der Waals surface area (Å²) < 4.78 is 37.6. The summed E-state index contributed by atoms with van der Waals surface area (Å²) >= 11 is 12.9. The fourth-order valence-corrected chi connectivity index (χ4v) is 10.9. The van der Waals surface area contributed by atoms with Crippen LogP contribution in [0.25, 0.3) is 45.1 Å². The number of rotatable bonds is 8. The fraction of sp³-hybridized carbons (Fsp3) is 0.476. The number of carbonyl (C=O) groups excluding carboxylic acids is 2. The second-order valence-electron chi connectivity index (χ2n) is 16.4. The molecule has 2 N–H and O–H groups in total. The molecule has 0 radical (unpaired) electrons. The summed E-state index contributed by atoms with van der Waals surface area (Å²) in [6.45, 7) is 0. The predicted molar refractivity (Wildman–Crippen MR) is 216 cm³/mol. The molecule has 6 fully saturated rings. The van der Waals surface area contributed by atoms with Crippen LogP contribution in [0.4, 0.5) is 8.78 Å². The lowest BCUT2D eigenvalue weighted by Crippen LogP contribution is -2.45. The number of pyridine rings is 2. The molecule has 18 heteroatoms.